The van der Waals surface area contributed by atoms with Gasteiger partial charge in [0.25, 0.3) is 0 Å². The number of amidine groups is 1. The number of nitrogens with zero attached hydrogens (tertiary/aromatic N) is 4. The van der Waals surface area contributed by atoms with E-state index in [0.29, 0.717) is 56.3 Å². The van der Waals surface area contributed by atoms with Gasteiger partial charge in [0.1, 0.15) is 11.6 Å². The zero-order chi connectivity index (χ0) is 32.2. The second kappa shape index (κ2) is 14.5. The number of fused-ring (bicyclic) bond motifs is 1. The lowest BCUT2D eigenvalue weighted by atomic mass is 10.0. The molecule has 0 radical (unpaired) electrons. The molecule has 248 valence electrons. The van der Waals surface area contributed by atoms with Gasteiger partial charge >= 0.3 is 12.1 Å². The quantitative estimate of drug-likeness (QED) is 0.273. The molecule has 12 heteroatoms. The summed E-state index contributed by atoms with van der Waals surface area (Å²) in [7, 11) is 0. The Balaban J connectivity index is 1.09. The van der Waals surface area contributed by atoms with Gasteiger partial charge < -0.3 is 35.2 Å². The molecule has 0 aromatic heterocycles. The van der Waals surface area contributed by atoms with Crippen LogP contribution in [0.15, 0.2) is 36.4 Å². The highest BCUT2D eigenvalue weighted by Crippen LogP contribution is 2.29. The third kappa shape index (κ3) is 7.37. The summed E-state index contributed by atoms with van der Waals surface area (Å²) in [5, 5.41) is 26.0. The zero-order valence-corrected chi connectivity index (χ0v) is 27.4. The summed E-state index contributed by atoms with van der Waals surface area (Å²) in [6.45, 7) is 8.32. The van der Waals surface area contributed by atoms with Crippen molar-refractivity contribution in [1.82, 2.24) is 24.9 Å². The van der Waals surface area contributed by atoms with Crippen molar-refractivity contribution in [1.29, 1.82) is 5.41 Å². The topological polar surface area (TPSA) is 124 Å². The summed E-state index contributed by atoms with van der Waals surface area (Å²) in [4.78, 5) is 35.1. The standard InChI is InChI=1S/C34H46ClN7O4/c1-23-20-24(21-28(35)31(23)43)22-30(32(36)40-16-14-39(15-17-40)26-9-18-46-19-10-26)38-33(44)41-11-7-27(8-12-41)42-13-6-25-4-2-3-5-29(25)37-34(42)45/h2-5,20-21,26-27,30,36,43H,6-19,22H2,1H3,(H,37,45)(H,38,44)/t30-/m1/s1. The number of halogens is 1. The van der Waals surface area contributed by atoms with E-state index in [2.05, 4.69) is 26.5 Å². The number of carbonyl (C=O) groups excluding carboxylic acids is 2. The Kier molecular flexibility index (Phi) is 10.2. The van der Waals surface area contributed by atoms with E-state index < -0.39 is 6.04 Å². The number of phenols is 1. The normalized spacial score (nSPS) is 20.9. The molecular formula is C34H46ClN7O4. The molecule has 4 aliphatic rings. The van der Waals surface area contributed by atoms with E-state index in [9.17, 15) is 20.1 Å². The number of urea groups is 2. The fraction of sp³-hybridized carbons (Fsp3) is 0.559. The number of carbonyl (C=O) groups is 2. The first kappa shape index (κ1) is 32.4. The van der Waals surface area contributed by atoms with Crippen LogP contribution in [0.1, 0.15) is 42.4 Å². The molecule has 11 nitrogen and oxygen atoms in total. The minimum absolute atomic E-state index is 0.0511. The largest absolute Gasteiger partial charge is 0.506 e. The highest BCUT2D eigenvalue weighted by Gasteiger charge is 2.34. The molecule has 4 aliphatic heterocycles. The van der Waals surface area contributed by atoms with Gasteiger partial charge in [-0.1, -0.05) is 35.9 Å². The number of aryl methyl sites for hydroxylation is 1. The summed E-state index contributed by atoms with van der Waals surface area (Å²) in [5.41, 5.74) is 3.52. The predicted octanol–water partition coefficient (Wildman–Crippen LogP) is 4.30. The van der Waals surface area contributed by atoms with Crippen LogP contribution in [0.3, 0.4) is 0 Å². The lowest BCUT2D eigenvalue weighted by Crippen LogP contribution is -2.59. The Morgan fingerprint density at radius 2 is 1.74 bits per heavy atom. The number of piperazine rings is 1. The Morgan fingerprint density at radius 1 is 1.02 bits per heavy atom. The lowest BCUT2D eigenvalue weighted by Gasteiger charge is -2.43. The van der Waals surface area contributed by atoms with Crippen LogP contribution < -0.4 is 10.6 Å². The van der Waals surface area contributed by atoms with Gasteiger partial charge in [-0.05, 0) is 74.3 Å². The smallest absolute Gasteiger partial charge is 0.322 e. The van der Waals surface area contributed by atoms with Crippen molar-refractivity contribution in [2.24, 2.45) is 0 Å². The van der Waals surface area contributed by atoms with Gasteiger partial charge in [0, 0.05) is 76.8 Å². The number of amides is 4. The van der Waals surface area contributed by atoms with Crippen LogP contribution in [-0.2, 0) is 17.6 Å². The number of piperidine rings is 1. The van der Waals surface area contributed by atoms with Gasteiger partial charge in [0.05, 0.1) is 11.1 Å². The summed E-state index contributed by atoms with van der Waals surface area (Å²) in [5.74, 6) is 0.438. The molecule has 3 fully saturated rings. The van der Waals surface area contributed by atoms with Crippen LogP contribution in [0, 0.1) is 12.3 Å². The number of hydrogen-bond acceptors (Lipinski definition) is 6. The maximum absolute atomic E-state index is 13.7. The molecule has 0 bridgehead atoms. The molecule has 2 aromatic carbocycles. The molecular weight excluding hydrogens is 606 g/mol. The minimum Gasteiger partial charge on any atom is -0.506 e. The molecule has 4 N–H and O–H groups in total. The Bertz CT molecular complexity index is 1390. The number of phenolic OH excluding ortho intramolecular Hbond substituents is 1. The van der Waals surface area contributed by atoms with Gasteiger partial charge in [-0.2, -0.15) is 0 Å². The third-order valence-electron chi connectivity index (χ3n) is 10.1. The average Bonchev–Trinajstić information content (AvgIpc) is 3.25. The monoisotopic (exact) mass is 651 g/mol. The minimum atomic E-state index is -0.560. The second-order valence-corrected chi connectivity index (χ2v) is 13.4. The molecule has 0 unspecified atom stereocenters. The van der Waals surface area contributed by atoms with E-state index >= 15 is 0 Å². The van der Waals surface area contributed by atoms with Crippen molar-refractivity contribution >= 4 is 35.2 Å². The van der Waals surface area contributed by atoms with E-state index in [1.807, 2.05) is 29.2 Å². The first-order valence-corrected chi connectivity index (χ1v) is 17.0. The Hall–Kier alpha value is -3.54. The molecule has 1 atom stereocenters. The van der Waals surface area contributed by atoms with Gasteiger partial charge in [0.2, 0.25) is 0 Å². The number of ether oxygens (including phenoxy) is 1. The SMILES string of the molecule is Cc1cc(C[C@@H](NC(=O)N2CCC(N3CCc4ccccc4NC3=O)CC2)C(=N)N2CCN(C3CCOCC3)CC2)cc(Cl)c1O. The van der Waals surface area contributed by atoms with Crippen molar-refractivity contribution in [2.75, 3.05) is 64.3 Å². The van der Waals surface area contributed by atoms with Crippen LogP contribution in [0.2, 0.25) is 5.02 Å². The van der Waals surface area contributed by atoms with Crippen LogP contribution >= 0.6 is 11.6 Å². The number of hydrogen-bond donors (Lipinski definition) is 4. The number of aromatic hydroxyl groups is 1. The molecule has 0 saturated carbocycles. The summed E-state index contributed by atoms with van der Waals surface area (Å²) in [6.07, 6.45) is 4.66. The van der Waals surface area contributed by atoms with E-state index in [1.54, 1.807) is 17.9 Å². The third-order valence-corrected chi connectivity index (χ3v) is 10.4. The van der Waals surface area contributed by atoms with Crippen molar-refractivity contribution in [3.63, 3.8) is 0 Å². The first-order valence-electron chi connectivity index (χ1n) is 16.6. The molecule has 4 amide bonds. The van der Waals surface area contributed by atoms with Crippen molar-refractivity contribution in [3.05, 3.63) is 58.1 Å². The summed E-state index contributed by atoms with van der Waals surface area (Å²) < 4.78 is 5.55. The van der Waals surface area contributed by atoms with Gasteiger partial charge in [-0.3, -0.25) is 10.3 Å². The van der Waals surface area contributed by atoms with Crippen LogP contribution in [-0.4, -0.2) is 120 Å². The molecule has 2 aromatic rings. The lowest BCUT2D eigenvalue weighted by molar-refractivity contribution is 0.0214. The Morgan fingerprint density at radius 3 is 2.46 bits per heavy atom. The maximum atomic E-state index is 13.7. The molecule has 0 spiro atoms. The molecule has 3 saturated heterocycles. The molecule has 4 heterocycles. The van der Waals surface area contributed by atoms with Gasteiger partial charge in [0.15, 0.2) is 0 Å². The van der Waals surface area contributed by atoms with Gasteiger partial charge in [-0.15, -0.1) is 0 Å². The maximum Gasteiger partial charge on any atom is 0.322 e. The van der Waals surface area contributed by atoms with Crippen molar-refractivity contribution in [2.45, 2.75) is 63.6 Å². The molecule has 0 aliphatic carbocycles. The van der Waals surface area contributed by atoms with E-state index in [0.717, 1.165) is 75.5 Å². The van der Waals surface area contributed by atoms with Gasteiger partial charge in [-0.25, -0.2) is 9.59 Å². The number of anilines is 1. The van der Waals surface area contributed by atoms with E-state index in [4.69, 9.17) is 16.3 Å². The number of rotatable bonds is 6. The zero-order valence-electron chi connectivity index (χ0n) is 26.6. The first-order chi connectivity index (χ1) is 22.3. The highest BCUT2D eigenvalue weighted by atomic mass is 35.5. The van der Waals surface area contributed by atoms with Crippen LogP contribution in [0.5, 0.6) is 5.75 Å². The number of nitrogens with one attached hydrogen (secondary N) is 3. The molecule has 46 heavy (non-hydrogen) atoms. The number of benzene rings is 2. The van der Waals surface area contributed by atoms with E-state index in [-0.39, 0.29) is 28.9 Å². The second-order valence-electron chi connectivity index (χ2n) is 13.0. The average molecular weight is 652 g/mol. The number of para-hydroxylation sites is 1. The van der Waals surface area contributed by atoms with Crippen LogP contribution in [0.25, 0.3) is 0 Å². The predicted molar refractivity (Wildman–Crippen MR) is 179 cm³/mol. The van der Waals surface area contributed by atoms with Crippen molar-refractivity contribution in [3.8, 4) is 5.75 Å². The van der Waals surface area contributed by atoms with E-state index in [1.165, 1.54) is 0 Å². The summed E-state index contributed by atoms with van der Waals surface area (Å²) >= 11 is 6.32. The Labute approximate surface area is 276 Å². The van der Waals surface area contributed by atoms with Crippen LogP contribution in [0.4, 0.5) is 15.3 Å². The fourth-order valence-electron chi connectivity index (χ4n) is 7.33. The van der Waals surface area contributed by atoms with Crippen molar-refractivity contribution < 1.29 is 19.4 Å². The fourth-order valence-corrected chi connectivity index (χ4v) is 7.62. The highest BCUT2D eigenvalue weighted by molar-refractivity contribution is 6.32. The molecule has 6 rings (SSSR count). The summed E-state index contributed by atoms with van der Waals surface area (Å²) in [6, 6.07) is 11.2. The number of likely N-dealkylation sites (tertiary alicyclic amines) is 1.